The van der Waals surface area contributed by atoms with E-state index in [1.165, 1.54) is 29.3 Å². The molecule has 0 aliphatic heterocycles. The predicted molar refractivity (Wildman–Crippen MR) is 166 cm³/mol. The molecule has 4 heterocycles. The largest absolute Gasteiger partial charge is 0.392 e. The SMILES string of the molecule is O=C(NCC(c1ccccc1)c1ccccc1CO)c1nccc(Sc2cnc(Nc3nccc4sccc34)s2)c1F. The first-order chi connectivity index (χ1) is 20.6. The van der Waals surface area contributed by atoms with Gasteiger partial charge in [-0.1, -0.05) is 77.7 Å². The molecule has 1 amide bonds. The van der Waals surface area contributed by atoms with Crippen molar-refractivity contribution in [2.24, 2.45) is 0 Å². The first-order valence-electron chi connectivity index (χ1n) is 13.0. The van der Waals surface area contributed by atoms with E-state index >= 15 is 4.39 Å². The molecule has 0 radical (unpaired) electrons. The summed E-state index contributed by atoms with van der Waals surface area (Å²) in [7, 11) is 0. The molecule has 11 heteroatoms. The highest BCUT2D eigenvalue weighted by molar-refractivity contribution is 8.01. The second-order valence-corrected chi connectivity index (χ2v) is 12.5. The summed E-state index contributed by atoms with van der Waals surface area (Å²) in [5.41, 5.74) is 2.35. The van der Waals surface area contributed by atoms with Crippen LogP contribution in [0.2, 0.25) is 0 Å². The Morgan fingerprint density at radius 1 is 0.976 bits per heavy atom. The third-order valence-electron chi connectivity index (χ3n) is 6.64. The molecule has 42 heavy (non-hydrogen) atoms. The summed E-state index contributed by atoms with van der Waals surface area (Å²) >= 11 is 4.18. The van der Waals surface area contributed by atoms with Crippen molar-refractivity contribution in [2.75, 3.05) is 11.9 Å². The summed E-state index contributed by atoms with van der Waals surface area (Å²) in [6.45, 7) is 0.0744. The Kier molecular flexibility index (Phi) is 8.52. The third-order valence-corrected chi connectivity index (χ3v) is 9.57. The van der Waals surface area contributed by atoms with Gasteiger partial charge in [-0.25, -0.2) is 19.3 Å². The first-order valence-corrected chi connectivity index (χ1v) is 15.5. The fourth-order valence-electron chi connectivity index (χ4n) is 4.62. The number of carbonyl (C=O) groups is 1. The molecule has 0 bridgehead atoms. The monoisotopic (exact) mass is 613 g/mol. The lowest BCUT2D eigenvalue weighted by atomic mass is 9.88. The molecule has 1 unspecified atom stereocenters. The number of benzene rings is 2. The quantitative estimate of drug-likeness (QED) is 0.150. The zero-order chi connectivity index (χ0) is 28.9. The van der Waals surface area contributed by atoms with Crippen molar-refractivity contribution in [1.82, 2.24) is 20.3 Å². The average Bonchev–Trinajstić information content (AvgIpc) is 3.69. The molecule has 3 N–H and O–H groups in total. The zero-order valence-electron chi connectivity index (χ0n) is 22.0. The number of hydrogen-bond acceptors (Lipinski definition) is 9. The molecule has 0 aliphatic rings. The number of fused-ring (bicyclic) bond motifs is 1. The standard InChI is InChI=1S/C31H24FN5O2S3/c32-27-25(41-26-17-36-31(42-26)37-29-22-12-15-40-24(22)10-14-34-29)11-13-33-28(27)30(39)35-16-23(19-6-2-1-3-7-19)21-9-5-4-8-20(21)18-38/h1-15,17,23,38H,16,18H2,(H,35,39)(H,34,36,37). The zero-order valence-corrected chi connectivity index (χ0v) is 24.5. The summed E-state index contributed by atoms with van der Waals surface area (Å²) in [4.78, 5) is 26.4. The number of nitrogens with one attached hydrogen (secondary N) is 2. The molecule has 7 nitrogen and oxygen atoms in total. The van der Waals surface area contributed by atoms with E-state index in [4.69, 9.17) is 0 Å². The van der Waals surface area contributed by atoms with E-state index in [1.807, 2.05) is 72.1 Å². The van der Waals surface area contributed by atoms with E-state index in [9.17, 15) is 9.90 Å². The minimum atomic E-state index is -0.695. The maximum Gasteiger partial charge on any atom is 0.273 e. The van der Waals surface area contributed by atoms with Gasteiger partial charge in [0.2, 0.25) is 0 Å². The van der Waals surface area contributed by atoms with Crippen LogP contribution in [0.15, 0.2) is 106 Å². The van der Waals surface area contributed by atoms with Gasteiger partial charge >= 0.3 is 0 Å². The van der Waals surface area contributed by atoms with Crippen LogP contribution >= 0.6 is 34.4 Å². The molecule has 0 spiro atoms. The topological polar surface area (TPSA) is 100 Å². The molecule has 2 aromatic carbocycles. The number of thiophene rings is 1. The second-order valence-electron chi connectivity index (χ2n) is 9.21. The van der Waals surface area contributed by atoms with Crippen molar-refractivity contribution in [3.8, 4) is 0 Å². The number of pyridine rings is 2. The highest BCUT2D eigenvalue weighted by atomic mass is 32.2. The Labute approximate surface area is 253 Å². The lowest BCUT2D eigenvalue weighted by molar-refractivity contribution is 0.0942. The van der Waals surface area contributed by atoms with E-state index in [2.05, 4.69) is 25.6 Å². The Morgan fingerprint density at radius 3 is 2.64 bits per heavy atom. The van der Waals surface area contributed by atoms with Crippen LogP contribution in [-0.2, 0) is 6.61 Å². The van der Waals surface area contributed by atoms with Crippen LogP contribution in [0.3, 0.4) is 0 Å². The molecule has 6 rings (SSSR count). The summed E-state index contributed by atoms with van der Waals surface area (Å²) in [6, 6.07) is 22.8. The van der Waals surface area contributed by atoms with E-state index < -0.39 is 11.7 Å². The van der Waals surface area contributed by atoms with Crippen LogP contribution in [0.4, 0.5) is 15.3 Å². The highest BCUT2D eigenvalue weighted by Gasteiger charge is 2.22. The van der Waals surface area contributed by atoms with Crippen molar-refractivity contribution in [3.63, 3.8) is 0 Å². The molecule has 0 saturated carbocycles. The number of thiazole rings is 1. The highest BCUT2D eigenvalue weighted by Crippen LogP contribution is 2.37. The minimum absolute atomic E-state index is 0.127. The van der Waals surface area contributed by atoms with Crippen molar-refractivity contribution in [1.29, 1.82) is 0 Å². The van der Waals surface area contributed by atoms with E-state index in [0.717, 1.165) is 31.0 Å². The maximum absolute atomic E-state index is 15.6. The van der Waals surface area contributed by atoms with Gasteiger partial charge < -0.3 is 15.7 Å². The Balaban J connectivity index is 1.17. The van der Waals surface area contributed by atoms with Crippen molar-refractivity contribution in [3.05, 3.63) is 125 Å². The lowest BCUT2D eigenvalue weighted by Gasteiger charge is -2.21. The maximum atomic E-state index is 15.6. The number of halogens is 1. The molecule has 1 atom stereocenters. The Hall–Kier alpha value is -4.16. The lowest BCUT2D eigenvalue weighted by Crippen LogP contribution is -2.30. The van der Waals surface area contributed by atoms with Gasteiger partial charge in [0.15, 0.2) is 16.6 Å². The Morgan fingerprint density at radius 2 is 1.79 bits per heavy atom. The van der Waals surface area contributed by atoms with Crippen LogP contribution in [0.5, 0.6) is 0 Å². The number of aliphatic hydroxyl groups is 1. The minimum Gasteiger partial charge on any atom is -0.392 e. The smallest absolute Gasteiger partial charge is 0.273 e. The first kappa shape index (κ1) is 28.0. The van der Waals surface area contributed by atoms with E-state index in [1.54, 1.807) is 29.8 Å². The number of hydrogen-bond donors (Lipinski definition) is 3. The number of aromatic nitrogens is 3. The summed E-state index contributed by atoms with van der Waals surface area (Å²) in [6.07, 6.45) is 4.84. The van der Waals surface area contributed by atoms with E-state index in [0.29, 0.717) is 10.9 Å². The third kappa shape index (κ3) is 6.04. The average molecular weight is 614 g/mol. The van der Waals surface area contributed by atoms with Gasteiger partial charge in [0.1, 0.15) is 5.82 Å². The van der Waals surface area contributed by atoms with Crippen LogP contribution in [0, 0.1) is 5.82 Å². The number of rotatable bonds is 10. The summed E-state index contributed by atoms with van der Waals surface area (Å²) in [5.74, 6) is -0.834. The molecule has 0 saturated heterocycles. The summed E-state index contributed by atoms with van der Waals surface area (Å²) < 4.78 is 17.4. The number of nitrogens with zero attached hydrogens (tertiary/aromatic N) is 3. The normalized spacial score (nSPS) is 11.9. The van der Waals surface area contributed by atoms with Gasteiger partial charge in [0, 0.05) is 34.9 Å². The van der Waals surface area contributed by atoms with E-state index in [-0.39, 0.29) is 29.7 Å². The molecular weight excluding hydrogens is 590 g/mol. The second kappa shape index (κ2) is 12.8. The van der Waals surface area contributed by atoms with Crippen LogP contribution in [0.25, 0.3) is 10.1 Å². The van der Waals surface area contributed by atoms with Crippen molar-refractivity contribution < 1.29 is 14.3 Å². The molecular formula is C31H24FN5O2S3. The van der Waals surface area contributed by atoms with Gasteiger partial charge in [0.25, 0.3) is 5.91 Å². The number of carbonyl (C=O) groups excluding carboxylic acids is 1. The van der Waals surface area contributed by atoms with Crippen molar-refractivity contribution >= 4 is 61.4 Å². The molecule has 210 valence electrons. The fraction of sp³-hybridized carbons (Fsp3) is 0.0968. The number of amides is 1. The van der Waals surface area contributed by atoms with Gasteiger partial charge in [-0.15, -0.1) is 11.3 Å². The van der Waals surface area contributed by atoms with Crippen LogP contribution < -0.4 is 10.6 Å². The van der Waals surface area contributed by atoms with Gasteiger partial charge in [0.05, 0.1) is 21.9 Å². The van der Waals surface area contributed by atoms with Gasteiger partial charge in [-0.05, 0) is 40.3 Å². The van der Waals surface area contributed by atoms with Crippen LogP contribution in [-0.4, -0.2) is 32.5 Å². The van der Waals surface area contributed by atoms with Gasteiger partial charge in [-0.3, -0.25) is 4.79 Å². The van der Waals surface area contributed by atoms with Crippen LogP contribution in [0.1, 0.15) is 33.1 Å². The van der Waals surface area contributed by atoms with Crippen molar-refractivity contribution in [2.45, 2.75) is 21.6 Å². The number of anilines is 2. The predicted octanol–water partition coefficient (Wildman–Crippen LogP) is 7.24. The Bertz CT molecular complexity index is 1840. The fourth-order valence-corrected chi connectivity index (χ4v) is 7.26. The molecule has 0 aliphatic carbocycles. The summed E-state index contributed by atoms with van der Waals surface area (Å²) in [5, 5.41) is 19.7. The molecule has 6 aromatic rings. The molecule has 0 fully saturated rings. The molecule has 4 aromatic heterocycles. The number of aliphatic hydroxyl groups excluding tert-OH is 1. The van der Waals surface area contributed by atoms with Gasteiger partial charge in [-0.2, -0.15) is 0 Å².